The third-order valence-electron chi connectivity index (χ3n) is 0.957. The first-order chi connectivity index (χ1) is 4.97. The van der Waals surface area contributed by atoms with Crippen molar-refractivity contribution in [3.8, 4) is 0 Å². The summed E-state index contributed by atoms with van der Waals surface area (Å²) >= 11 is 1.04. The lowest BCUT2D eigenvalue weighted by atomic mass is 10.1. The second kappa shape index (κ2) is 2.64. The Bertz CT molecular complexity index is 243. The van der Waals surface area contributed by atoms with E-state index < -0.39 is 5.60 Å². The van der Waals surface area contributed by atoms with Gasteiger partial charge in [0.2, 0.25) is 0 Å². The quantitative estimate of drug-likeness (QED) is 0.696. The van der Waals surface area contributed by atoms with Gasteiger partial charge in [-0.3, -0.25) is 0 Å². The molecule has 0 amide bonds. The molecule has 0 radical (unpaired) electrons. The van der Waals surface area contributed by atoms with Gasteiger partial charge in [0.05, 0.1) is 6.97 Å². The molecule has 0 aromatic carbocycles. The fourth-order valence-electron chi connectivity index (χ4n) is 0.625. The second-order valence-corrected chi connectivity index (χ2v) is 3.34. The molecular formula is C6H10N2OS. The zero-order valence-corrected chi connectivity index (χ0v) is 6.77. The Hall–Kier alpha value is -0.480. The van der Waals surface area contributed by atoms with E-state index in [1.165, 1.54) is 0 Å². The summed E-state index contributed by atoms with van der Waals surface area (Å²) in [5.41, 5.74) is -0.586. The van der Waals surface area contributed by atoms with Crippen molar-refractivity contribution in [3.63, 3.8) is 0 Å². The van der Waals surface area contributed by atoms with Gasteiger partial charge >= 0.3 is 0 Å². The molecule has 1 N–H and O–H groups in total. The zero-order valence-electron chi connectivity index (χ0n) is 6.96. The Balaban J connectivity index is 2.65. The Morgan fingerprint density at radius 2 is 2.60 bits per heavy atom. The lowest BCUT2D eigenvalue weighted by Crippen LogP contribution is -2.22. The normalized spacial score (nSPS) is 13.3. The van der Waals surface area contributed by atoms with Crippen molar-refractivity contribution < 1.29 is 6.48 Å². The van der Waals surface area contributed by atoms with Crippen LogP contribution < -0.4 is 0 Å². The van der Waals surface area contributed by atoms with E-state index in [9.17, 15) is 5.11 Å². The van der Waals surface area contributed by atoms with Crippen LogP contribution in [-0.2, 0) is 6.42 Å². The molecule has 0 aliphatic heterocycles. The van der Waals surface area contributed by atoms with Gasteiger partial charge < -0.3 is 5.11 Å². The summed E-state index contributed by atoms with van der Waals surface area (Å²) in [6, 6.07) is 0. The van der Waals surface area contributed by atoms with Crippen LogP contribution in [0.3, 0.4) is 0 Å². The molecule has 0 saturated heterocycles. The van der Waals surface area contributed by atoms with Gasteiger partial charge in [-0.25, -0.2) is 4.98 Å². The fraction of sp³-hybridized carbons (Fsp3) is 0.667. The van der Waals surface area contributed by atoms with Gasteiger partial charge in [-0.2, -0.15) is 4.37 Å². The predicted octanol–water partition coefficient (Wildman–Crippen LogP) is 0.851. The van der Waals surface area contributed by atoms with Crippen LogP contribution in [0.1, 0.15) is 21.0 Å². The average molecular weight is 159 g/mol. The number of rotatable bonds is 2. The van der Waals surface area contributed by atoms with Crippen molar-refractivity contribution in [3.05, 3.63) is 11.3 Å². The Morgan fingerprint density at radius 3 is 3.00 bits per heavy atom. The summed E-state index contributed by atoms with van der Waals surface area (Å²) in [5.74, 6) is 0.549. The lowest BCUT2D eigenvalue weighted by molar-refractivity contribution is 0.0791. The topological polar surface area (TPSA) is 46.0 Å². The zero-order chi connectivity index (χ0) is 8.48. The maximum atomic E-state index is 9.34. The first-order valence-corrected chi connectivity index (χ1v) is 3.76. The van der Waals surface area contributed by atoms with E-state index in [-0.39, 0.29) is 5.49 Å². The largest absolute Gasteiger partial charge is 0.390 e. The minimum Gasteiger partial charge on any atom is -0.390 e. The summed E-state index contributed by atoms with van der Waals surface area (Å²) < 4.78 is 11.0. The monoisotopic (exact) mass is 159 g/mol. The van der Waals surface area contributed by atoms with Crippen LogP contribution >= 0.6 is 11.5 Å². The molecule has 10 heavy (non-hydrogen) atoms. The molecule has 0 bridgehead atoms. The third kappa shape index (κ3) is 2.41. The maximum absolute atomic E-state index is 9.34. The molecule has 0 unspecified atom stereocenters. The smallest absolute Gasteiger partial charge is 0.145 e. The SMILES string of the molecule is [2H]c1nc(CC(C)(C)O)ns1. The summed E-state index contributed by atoms with van der Waals surface area (Å²) in [5, 5.41) is 9.34. The standard InChI is InChI=1S/C6H10N2OS/c1-6(2,9)3-5-7-4-10-8-5/h4,9H,3H2,1-2H3/i4D. The molecular weight excluding hydrogens is 148 g/mol. The molecule has 56 valence electrons. The molecule has 0 aliphatic rings. The number of hydrogen-bond acceptors (Lipinski definition) is 4. The number of aromatic nitrogens is 2. The minimum atomic E-state index is -0.784. The van der Waals surface area contributed by atoms with E-state index in [4.69, 9.17) is 1.37 Å². The number of aliphatic hydroxyl groups is 1. The van der Waals surface area contributed by atoms with Crippen LogP contribution in [0.4, 0.5) is 0 Å². The van der Waals surface area contributed by atoms with Gasteiger partial charge in [0.15, 0.2) is 0 Å². The Labute approximate surface area is 65.3 Å². The first-order valence-electron chi connectivity index (χ1n) is 3.49. The molecule has 0 saturated carbocycles. The van der Waals surface area contributed by atoms with Gasteiger partial charge in [0.25, 0.3) is 0 Å². The van der Waals surface area contributed by atoms with Crippen LogP contribution in [-0.4, -0.2) is 20.1 Å². The maximum Gasteiger partial charge on any atom is 0.145 e. The molecule has 1 rings (SSSR count). The van der Waals surface area contributed by atoms with Crippen molar-refractivity contribution in [2.24, 2.45) is 0 Å². The molecule has 1 heterocycles. The first kappa shape index (κ1) is 6.24. The van der Waals surface area contributed by atoms with Crippen LogP contribution in [0.25, 0.3) is 0 Å². The van der Waals surface area contributed by atoms with Gasteiger partial charge in [-0.1, -0.05) is 0 Å². The third-order valence-corrected chi connectivity index (χ3v) is 1.43. The number of nitrogens with zero attached hydrogens (tertiary/aromatic N) is 2. The highest BCUT2D eigenvalue weighted by molar-refractivity contribution is 7.03. The van der Waals surface area contributed by atoms with Crippen LogP contribution in [0.5, 0.6) is 0 Å². The summed E-state index contributed by atoms with van der Waals surface area (Å²) in [6.45, 7) is 3.38. The van der Waals surface area contributed by atoms with Gasteiger partial charge in [0.1, 0.15) is 11.3 Å². The van der Waals surface area contributed by atoms with E-state index in [0.717, 1.165) is 11.5 Å². The molecule has 0 fully saturated rings. The van der Waals surface area contributed by atoms with Crippen molar-refractivity contribution in [2.75, 3.05) is 0 Å². The molecule has 1 aromatic rings. The van der Waals surface area contributed by atoms with E-state index in [2.05, 4.69) is 9.36 Å². The average Bonchev–Trinajstić information content (AvgIpc) is 2.10. The highest BCUT2D eigenvalue weighted by Crippen LogP contribution is 2.08. The molecule has 0 atom stereocenters. The van der Waals surface area contributed by atoms with Crippen molar-refractivity contribution in [2.45, 2.75) is 25.9 Å². The van der Waals surface area contributed by atoms with Crippen molar-refractivity contribution in [1.29, 1.82) is 0 Å². The van der Waals surface area contributed by atoms with E-state index in [1.54, 1.807) is 13.8 Å². The molecule has 0 spiro atoms. The minimum absolute atomic E-state index is 0.198. The molecule has 0 aliphatic carbocycles. The van der Waals surface area contributed by atoms with E-state index in [0.29, 0.717) is 12.2 Å². The number of hydrogen-bond donors (Lipinski definition) is 1. The molecule has 3 nitrogen and oxygen atoms in total. The summed E-state index contributed by atoms with van der Waals surface area (Å²) in [4.78, 5) is 3.81. The predicted molar refractivity (Wildman–Crippen MR) is 39.9 cm³/mol. The van der Waals surface area contributed by atoms with Crippen LogP contribution in [0.15, 0.2) is 5.49 Å². The van der Waals surface area contributed by atoms with E-state index >= 15 is 0 Å². The van der Waals surface area contributed by atoms with Gasteiger partial charge in [0, 0.05) is 6.42 Å². The highest BCUT2D eigenvalue weighted by atomic mass is 32.1. The fourth-order valence-corrected chi connectivity index (χ4v) is 1.02. The van der Waals surface area contributed by atoms with Crippen molar-refractivity contribution >= 4 is 11.5 Å². The Morgan fingerprint density at radius 1 is 1.90 bits per heavy atom. The van der Waals surface area contributed by atoms with Gasteiger partial charge in [-0.05, 0) is 25.4 Å². The van der Waals surface area contributed by atoms with Crippen LogP contribution in [0.2, 0.25) is 0 Å². The second-order valence-electron chi connectivity index (χ2n) is 2.79. The highest BCUT2D eigenvalue weighted by Gasteiger charge is 2.15. The van der Waals surface area contributed by atoms with E-state index in [1.807, 2.05) is 0 Å². The van der Waals surface area contributed by atoms with Crippen molar-refractivity contribution in [1.82, 2.24) is 9.36 Å². The molecule has 1 aromatic heterocycles. The summed E-state index contributed by atoms with van der Waals surface area (Å²) in [6.07, 6.45) is 0.405. The van der Waals surface area contributed by atoms with Crippen LogP contribution in [0, 0.1) is 0 Å². The molecule has 4 heteroatoms. The lowest BCUT2D eigenvalue weighted by Gasteiger charge is -2.13. The summed E-state index contributed by atoms with van der Waals surface area (Å²) in [7, 11) is 0. The Kier molecular flexibility index (Phi) is 1.65. The van der Waals surface area contributed by atoms with Gasteiger partial charge in [-0.15, -0.1) is 0 Å².